The molecule has 0 radical (unpaired) electrons. The summed E-state index contributed by atoms with van der Waals surface area (Å²) >= 11 is 0. The highest BCUT2D eigenvalue weighted by molar-refractivity contribution is 5.92. The van der Waals surface area contributed by atoms with Crippen molar-refractivity contribution in [1.82, 2.24) is 4.98 Å². The Morgan fingerprint density at radius 3 is 2.40 bits per heavy atom. The van der Waals surface area contributed by atoms with Crippen LogP contribution in [0, 0.1) is 0 Å². The van der Waals surface area contributed by atoms with E-state index >= 15 is 0 Å². The average Bonchev–Trinajstić information content (AvgIpc) is 2.41. The molecule has 0 spiro atoms. The molecule has 2 N–H and O–H groups in total. The predicted molar refractivity (Wildman–Crippen MR) is 74.4 cm³/mol. The van der Waals surface area contributed by atoms with Crippen molar-refractivity contribution in [1.29, 1.82) is 0 Å². The van der Waals surface area contributed by atoms with Crippen molar-refractivity contribution in [3.8, 4) is 0 Å². The molecule has 0 aliphatic heterocycles. The Hall–Kier alpha value is -2.69. The Morgan fingerprint density at radius 2 is 1.80 bits per heavy atom. The Bertz CT molecular complexity index is 594. The lowest BCUT2D eigenvalue weighted by molar-refractivity contribution is -0.136. The maximum absolute atomic E-state index is 11.8. The number of benzene rings is 1. The molecule has 5 nitrogen and oxygen atoms in total. The van der Waals surface area contributed by atoms with E-state index in [2.05, 4.69) is 10.3 Å². The number of aromatic nitrogens is 1. The average molecular weight is 270 g/mol. The Morgan fingerprint density at radius 1 is 1.05 bits per heavy atom. The summed E-state index contributed by atoms with van der Waals surface area (Å²) in [6.45, 7) is 0. The standard InChI is InChI=1S/C15H14N2O3/c18-14(10-13-3-1-2-8-16-13)17-12-6-4-11(5-7-12)9-15(19)20/h1-8H,9-10H2,(H,17,18)(H,19,20). The summed E-state index contributed by atoms with van der Waals surface area (Å²) in [6.07, 6.45) is 1.82. The molecule has 0 aliphatic rings. The number of rotatable bonds is 5. The van der Waals surface area contributed by atoms with Crippen LogP contribution in [-0.4, -0.2) is 22.0 Å². The van der Waals surface area contributed by atoms with Crippen LogP contribution in [0.2, 0.25) is 0 Å². The first-order chi connectivity index (χ1) is 9.63. The van der Waals surface area contributed by atoms with E-state index in [1.807, 2.05) is 6.07 Å². The first kappa shape index (κ1) is 13.7. The van der Waals surface area contributed by atoms with Crippen LogP contribution in [0.4, 0.5) is 5.69 Å². The highest BCUT2D eigenvalue weighted by Crippen LogP contribution is 2.10. The van der Waals surface area contributed by atoms with E-state index in [1.54, 1.807) is 42.6 Å². The number of nitrogens with zero attached hydrogens (tertiary/aromatic N) is 1. The van der Waals surface area contributed by atoms with Crippen LogP contribution in [0.25, 0.3) is 0 Å². The molecule has 1 aromatic carbocycles. The zero-order valence-corrected chi connectivity index (χ0v) is 10.7. The smallest absolute Gasteiger partial charge is 0.307 e. The molecule has 0 fully saturated rings. The number of carboxylic acids is 1. The number of aliphatic carboxylic acids is 1. The fourth-order valence-corrected chi connectivity index (χ4v) is 1.75. The van der Waals surface area contributed by atoms with Crippen LogP contribution in [0.1, 0.15) is 11.3 Å². The van der Waals surface area contributed by atoms with Gasteiger partial charge in [0, 0.05) is 17.6 Å². The summed E-state index contributed by atoms with van der Waals surface area (Å²) in [4.78, 5) is 26.4. The first-order valence-electron chi connectivity index (χ1n) is 6.14. The van der Waals surface area contributed by atoms with Gasteiger partial charge in [0.1, 0.15) is 0 Å². The van der Waals surface area contributed by atoms with Crippen molar-refractivity contribution < 1.29 is 14.7 Å². The molecule has 5 heteroatoms. The van der Waals surface area contributed by atoms with E-state index in [9.17, 15) is 9.59 Å². The van der Waals surface area contributed by atoms with Crippen LogP contribution in [0.15, 0.2) is 48.7 Å². The minimum Gasteiger partial charge on any atom is -0.481 e. The van der Waals surface area contributed by atoms with E-state index in [0.29, 0.717) is 16.9 Å². The van der Waals surface area contributed by atoms with Gasteiger partial charge < -0.3 is 10.4 Å². The van der Waals surface area contributed by atoms with Gasteiger partial charge in [0.25, 0.3) is 0 Å². The van der Waals surface area contributed by atoms with Crippen molar-refractivity contribution >= 4 is 17.6 Å². The minimum absolute atomic E-state index is 0.0256. The molecule has 0 saturated heterocycles. The summed E-state index contributed by atoms with van der Waals surface area (Å²) in [5.74, 6) is -1.04. The number of pyridine rings is 1. The van der Waals surface area contributed by atoms with Crippen LogP contribution in [-0.2, 0) is 22.4 Å². The molecule has 20 heavy (non-hydrogen) atoms. The zero-order valence-electron chi connectivity index (χ0n) is 10.7. The van der Waals surface area contributed by atoms with Gasteiger partial charge in [-0.1, -0.05) is 18.2 Å². The largest absolute Gasteiger partial charge is 0.481 e. The minimum atomic E-state index is -0.878. The molecular formula is C15H14N2O3. The third-order valence-electron chi connectivity index (χ3n) is 2.66. The maximum atomic E-state index is 11.8. The fraction of sp³-hybridized carbons (Fsp3) is 0.133. The summed E-state index contributed by atoms with van der Waals surface area (Å²) in [5.41, 5.74) is 2.03. The SMILES string of the molecule is O=C(O)Cc1ccc(NC(=O)Cc2ccccn2)cc1. The third-order valence-corrected chi connectivity index (χ3v) is 2.66. The topological polar surface area (TPSA) is 79.3 Å². The number of carboxylic acid groups (broad SMARTS) is 1. The number of nitrogens with one attached hydrogen (secondary N) is 1. The molecule has 0 unspecified atom stereocenters. The van der Waals surface area contributed by atoms with Gasteiger partial charge in [0.05, 0.1) is 12.8 Å². The second-order valence-electron chi connectivity index (χ2n) is 4.31. The highest BCUT2D eigenvalue weighted by atomic mass is 16.4. The van der Waals surface area contributed by atoms with Crippen LogP contribution >= 0.6 is 0 Å². The molecule has 2 rings (SSSR count). The molecule has 102 valence electrons. The summed E-state index contributed by atoms with van der Waals surface area (Å²) in [7, 11) is 0. The third kappa shape index (κ3) is 4.20. The van der Waals surface area contributed by atoms with Crippen molar-refractivity contribution in [3.63, 3.8) is 0 Å². The zero-order chi connectivity index (χ0) is 14.4. The van der Waals surface area contributed by atoms with Gasteiger partial charge in [-0.15, -0.1) is 0 Å². The monoisotopic (exact) mass is 270 g/mol. The van der Waals surface area contributed by atoms with Gasteiger partial charge in [-0.05, 0) is 29.8 Å². The van der Waals surface area contributed by atoms with Gasteiger partial charge in [-0.2, -0.15) is 0 Å². The number of hydrogen-bond donors (Lipinski definition) is 2. The summed E-state index contributed by atoms with van der Waals surface area (Å²) < 4.78 is 0. The van der Waals surface area contributed by atoms with Gasteiger partial charge in [-0.3, -0.25) is 14.6 Å². The lowest BCUT2D eigenvalue weighted by Gasteiger charge is -2.05. The van der Waals surface area contributed by atoms with Gasteiger partial charge in [0.2, 0.25) is 5.91 Å². The Balaban J connectivity index is 1.93. The van der Waals surface area contributed by atoms with E-state index in [0.717, 1.165) is 0 Å². The molecule has 1 amide bonds. The number of amides is 1. The van der Waals surface area contributed by atoms with Crippen LogP contribution < -0.4 is 5.32 Å². The second kappa shape index (κ2) is 6.47. The first-order valence-corrected chi connectivity index (χ1v) is 6.14. The van der Waals surface area contributed by atoms with Crippen LogP contribution in [0.3, 0.4) is 0 Å². The lowest BCUT2D eigenvalue weighted by atomic mass is 10.1. The Kier molecular flexibility index (Phi) is 4.44. The quantitative estimate of drug-likeness (QED) is 0.869. The Labute approximate surface area is 116 Å². The van der Waals surface area contributed by atoms with Crippen molar-refractivity contribution in [3.05, 3.63) is 59.9 Å². The molecule has 0 atom stereocenters. The highest BCUT2D eigenvalue weighted by Gasteiger charge is 2.05. The van der Waals surface area contributed by atoms with Gasteiger partial charge in [-0.25, -0.2) is 0 Å². The molecule has 0 bridgehead atoms. The fourth-order valence-electron chi connectivity index (χ4n) is 1.75. The van der Waals surface area contributed by atoms with E-state index < -0.39 is 5.97 Å². The number of carbonyl (C=O) groups is 2. The van der Waals surface area contributed by atoms with Crippen molar-refractivity contribution in [2.75, 3.05) is 5.32 Å². The van der Waals surface area contributed by atoms with Crippen molar-refractivity contribution in [2.24, 2.45) is 0 Å². The van der Waals surface area contributed by atoms with E-state index in [1.165, 1.54) is 0 Å². The van der Waals surface area contributed by atoms with Gasteiger partial charge in [0.15, 0.2) is 0 Å². The molecule has 1 aromatic heterocycles. The molecule has 1 heterocycles. The lowest BCUT2D eigenvalue weighted by Crippen LogP contribution is -2.15. The summed E-state index contributed by atoms with van der Waals surface area (Å²) in [5, 5.41) is 11.4. The van der Waals surface area contributed by atoms with Gasteiger partial charge >= 0.3 is 5.97 Å². The van der Waals surface area contributed by atoms with E-state index in [4.69, 9.17) is 5.11 Å². The maximum Gasteiger partial charge on any atom is 0.307 e. The van der Waals surface area contributed by atoms with Crippen LogP contribution in [0.5, 0.6) is 0 Å². The number of anilines is 1. The molecule has 0 saturated carbocycles. The number of hydrogen-bond acceptors (Lipinski definition) is 3. The predicted octanol–water partition coefficient (Wildman–Crippen LogP) is 1.89. The summed E-state index contributed by atoms with van der Waals surface area (Å²) in [6, 6.07) is 12.2. The second-order valence-corrected chi connectivity index (χ2v) is 4.31. The molecule has 2 aromatic rings. The van der Waals surface area contributed by atoms with Crippen molar-refractivity contribution in [2.45, 2.75) is 12.8 Å². The van der Waals surface area contributed by atoms with E-state index in [-0.39, 0.29) is 18.7 Å². The normalized spacial score (nSPS) is 10.0. The molecule has 0 aliphatic carbocycles. The number of carbonyl (C=O) groups excluding carboxylic acids is 1. The molecular weight excluding hydrogens is 256 g/mol.